The molecule has 0 aromatic heterocycles. The Morgan fingerprint density at radius 1 is 1.00 bits per heavy atom. The van der Waals surface area contributed by atoms with Crippen molar-refractivity contribution in [3.8, 4) is 0 Å². The number of hydrogen-bond donors (Lipinski definition) is 4. The number of amidine groups is 1. The van der Waals surface area contributed by atoms with E-state index in [1.807, 2.05) is 18.2 Å². The molecule has 9 heteroatoms. The van der Waals surface area contributed by atoms with Gasteiger partial charge in [-0.25, -0.2) is 9.59 Å². The molecule has 0 saturated heterocycles. The summed E-state index contributed by atoms with van der Waals surface area (Å²) in [5.74, 6) is -1.29. The largest absolute Gasteiger partial charge is 0.477 e. The second-order valence-corrected chi connectivity index (χ2v) is 6.97. The second kappa shape index (κ2) is 7.71. The molecule has 9 nitrogen and oxygen atoms in total. The summed E-state index contributed by atoms with van der Waals surface area (Å²) in [6.45, 7) is -0.105. The van der Waals surface area contributed by atoms with E-state index >= 15 is 0 Å². The molecule has 0 fully saturated rings. The summed E-state index contributed by atoms with van der Waals surface area (Å²) in [4.78, 5) is 40.3. The van der Waals surface area contributed by atoms with Crippen LogP contribution in [-0.2, 0) is 4.79 Å². The average Bonchev–Trinajstić information content (AvgIpc) is 3.15. The van der Waals surface area contributed by atoms with E-state index in [-0.39, 0.29) is 24.0 Å². The Balaban J connectivity index is 1.47. The number of benzene rings is 3. The highest BCUT2D eigenvalue weighted by atomic mass is 16.4. The van der Waals surface area contributed by atoms with Gasteiger partial charge in [-0.1, -0.05) is 12.1 Å². The first kappa shape index (κ1) is 19.8. The van der Waals surface area contributed by atoms with Crippen LogP contribution >= 0.6 is 0 Å². The van der Waals surface area contributed by atoms with Crippen molar-refractivity contribution < 1.29 is 24.9 Å². The van der Waals surface area contributed by atoms with E-state index in [1.165, 1.54) is 4.90 Å². The third-order valence-electron chi connectivity index (χ3n) is 4.89. The van der Waals surface area contributed by atoms with Crippen molar-refractivity contribution in [2.75, 3.05) is 16.8 Å². The molecule has 0 spiro atoms. The van der Waals surface area contributed by atoms with Gasteiger partial charge in [-0.05, 0) is 59.3 Å². The number of nitrogens with one attached hydrogen (secondary N) is 1. The summed E-state index contributed by atoms with van der Waals surface area (Å²) in [7, 11) is 0. The quantitative estimate of drug-likeness (QED) is 0.362. The number of aliphatic carboxylic acids is 1. The number of amides is 3. The number of nitrogens with zero attached hydrogens (tertiary/aromatic N) is 2. The minimum atomic E-state index is -1.23. The maximum atomic E-state index is 12.6. The number of rotatable bonds is 5. The molecular formula is C22H18N5O4+. The lowest BCUT2D eigenvalue weighted by atomic mass is 10.0. The van der Waals surface area contributed by atoms with Crippen LogP contribution < -0.4 is 21.4 Å². The number of anilines is 2. The smallest absolute Gasteiger partial charge is 0.352 e. The van der Waals surface area contributed by atoms with Gasteiger partial charge in [0.2, 0.25) is 0 Å². The van der Waals surface area contributed by atoms with Gasteiger partial charge in [0, 0.05) is 16.9 Å². The zero-order valence-electron chi connectivity index (χ0n) is 16.2. The fourth-order valence-electron chi connectivity index (χ4n) is 3.24. The molecule has 1 heterocycles. The van der Waals surface area contributed by atoms with Crippen LogP contribution in [0.5, 0.6) is 0 Å². The van der Waals surface area contributed by atoms with Crippen LogP contribution in [0, 0.1) is 0 Å². The SMILES string of the molecule is NC(=[NH2+])c1ccc2cc(C(=O)Nc3ccc(N4CC(C(=O)O)=NC4=O)cc3)ccc2c1. The number of nitrogens with two attached hydrogens (primary N) is 2. The fourth-order valence-corrected chi connectivity index (χ4v) is 3.24. The summed E-state index contributed by atoms with van der Waals surface area (Å²) >= 11 is 0. The molecule has 6 N–H and O–H groups in total. The predicted molar refractivity (Wildman–Crippen MR) is 116 cm³/mol. The summed E-state index contributed by atoms with van der Waals surface area (Å²) in [5, 5.41) is 19.2. The second-order valence-electron chi connectivity index (χ2n) is 6.97. The normalized spacial score (nSPS) is 13.2. The molecule has 31 heavy (non-hydrogen) atoms. The molecule has 0 atom stereocenters. The van der Waals surface area contributed by atoms with Crippen molar-refractivity contribution >= 4 is 51.6 Å². The lowest BCUT2D eigenvalue weighted by Crippen LogP contribution is -2.46. The summed E-state index contributed by atoms with van der Waals surface area (Å²) < 4.78 is 0. The van der Waals surface area contributed by atoms with E-state index in [4.69, 9.17) is 16.2 Å². The lowest BCUT2D eigenvalue weighted by molar-refractivity contribution is -0.129. The van der Waals surface area contributed by atoms with E-state index in [0.29, 0.717) is 16.9 Å². The first-order chi connectivity index (χ1) is 14.8. The van der Waals surface area contributed by atoms with E-state index in [2.05, 4.69) is 10.3 Å². The Hall–Kier alpha value is -4.53. The fraction of sp³-hybridized carbons (Fsp3) is 0.0455. The Kier molecular flexibility index (Phi) is 4.92. The number of carbonyl (C=O) groups is 3. The van der Waals surface area contributed by atoms with Gasteiger partial charge in [0.05, 0.1) is 12.1 Å². The van der Waals surface area contributed by atoms with Crippen molar-refractivity contribution in [1.82, 2.24) is 0 Å². The molecule has 1 aliphatic rings. The van der Waals surface area contributed by atoms with Gasteiger partial charge in [0.15, 0.2) is 5.71 Å². The number of carboxylic acids is 1. The molecule has 3 aromatic rings. The van der Waals surface area contributed by atoms with Crippen molar-refractivity contribution in [3.05, 3.63) is 71.8 Å². The maximum absolute atomic E-state index is 12.6. The third kappa shape index (κ3) is 3.97. The van der Waals surface area contributed by atoms with Gasteiger partial charge >= 0.3 is 12.0 Å². The maximum Gasteiger partial charge on any atom is 0.352 e. The van der Waals surface area contributed by atoms with E-state index in [9.17, 15) is 14.4 Å². The van der Waals surface area contributed by atoms with E-state index in [0.717, 1.165) is 16.3 Å². The molecule has 3 aromatic carbocycles. The van der Waals surface area contributed by atoms with Gasteiger partial charge in [0.25, 0.3) is 11.7 Å². The Bertz CT molecular complexity index is 1280. The molecule has 0 unspecified atom stereocenters. The van der Waals surface area contributed by atoms with Crippen LogP contribution in [0.1, 0.15) is 15.9 Å². The first-order valence-electron chi connectivity index (χ1n) is 9.27. The monoisotopic (exact) mass is 416 g/mol. The zero-order valence-corrected chi connectivity index (χ0v) is 16.2. The Morgan fingerprint density at radius 2 is 1.61 bits per heavy atom. The van der Waals surface area contributed by atoms with Gasteiger partial charge in [-0.15, -0.1) is 0 Å². The van der Waals surface area contributed by atoms with Crippen LogP contribution in [0.15, 0.2) is 65.7 Å². The van der Waals surface area contributed by atoms with Gasteiger partial charge in [-0.2, -0.15) is 4.99 Å². The number of carbonyl (C=O) groups excluding carboxylic acids is 2. The summed E-state index contributed by atoms with van der Waals surface area (Å²) in [6, 6.07) is 16.6. The molecule has 0 bridgehead atoms. The zero-order chi connectivity index (χ0) is 22.1. The Morgan fingerprint density at radius 3 is 2.19 bits per heavy atom. The summed E-state index contributed by atoms with van der Waals surface area (Å²) in [6.07, 6.45) is 0. The van der Waals surface area contributed by atoms with Gasteiger partial charge < -0.3 is 10.4 Å². The van der Waals surface area contributed by atoms with Crippen LogP contribution in [0.2, 0.25) is 0 Å². The van der Waals surface area contributed by atoms with Gasteiger partial charge in [-0.3, -0.25) is 20.8 Å². The number of fused-ring (bicyclic) bond motifs is 1. The number of hydrogen-bond acceptors (Lipinski definition) is 3. The molecule has 4 rings (SSSR count). The molecule has 154 valence electrons. The van der Waals surface area contributed by atoms with Crippen molar-refractivity contribution in [2.45, 2.75) is 0 Å². The third-order valence-corrected chi connectivity index (χ3v) is 4.89. The molecular weight excluding hydrogens is 398 g/mol. The van der Waals surface area contributed by atoms with Gasteiger partial charge in [0.1, 0.15) is 0 Å². The van der Waals surface area contributed by atoms with E-state index in [1.54, 1.807) is 42.5 Å². The standard InChI is InChI=1S/C22H17N5O4/c23-19(24)14-3-1-13-10-15(4-2-12(13)9-14)20(28)25-16-5-7-17(8-6-16)27-11-18(21(29)30)26-22(27)31/h1-10H,11H2,(H3,23,24)(H,25,28)(H,29,30)/p+1. The lowest BCUT2D eigenvalue weighted by Gasteiger charge is -2.15. The van der Waals surface area contributed by atoms with Crippen LogP contribution in [0.4, 0.5) is 16.2 Å². The highest BCUT2D eigenvalue weighted by Gasteiger charge is 2.28. The molecule has 0 saturated carbocycles. The van der Waals surface area contributed by atoms with Crippen LogP contribution in [0.25, 0.3) is 10.8 Å². The molecule has 0 radical (unpaired) electrons. The number of carboxylic acid groups (broad SMARTS) is 1. The average molecular weight is 416 g/mol. The Labute approximate surface area is 176 Å². The van der Waals surface area contributed by atoms with Crippen LogP contribution in [0.3, 0.4) is 0 Å². The number of aliphatic imine (C=N–C) groups is 1. The minimum absolute atomic E-state index is 0.105. The summed E-state index contributed by atoms with van der Waals surface area (Å²) in [5.41, 5.74) is 7.63. The van der Waals surface area contributed by atoms with Crippen molar-refractivity contribution in [1.29, 1.82) is 0 Å². The van der Waals surface area contributed by atoms with E-state index < -0.39 is 12.0 Å². The van der Waals surface area contributed by atoms with Crippen molar-refractivity contribution in [3.63, 3.8) is 0 Å². The predicted octanol–water partition coefficient (Wildman–Crippen LogP) is 1.02. The van der Waals surface area contributed by atoms with Crippen molar-refractivity contribution in [2.24, 2.45) is 10.7 Å². The minimum Gasteiger partial charge on any atom is -0.477 e. The highest BCUT2D eigenvalue weighted by molar-refractivity contribution is 6.41. The van der Waals surface area contributed by atoms with Crippen LogP contribution in [-0.4, -0.2) is 41.1 Å². The topological polar surface area (TPSA) is 151 Å². The first-order valence-corrected chi connectivity index (χ1v) is 9.27. The highest BCUT2D eigenvalue weighted by Crippen LogP contribution is 2.23. The molecule has 0 aliphatic carbocycles. The number of urea groups is 1. The molecule has 3 amide bonds. The molecule has 1 aliphatic heterocycles.